The molecule has 0 spiro atoms. The molecule has 138 valence electrons. The monoisotopic (exact) mass is 381 g/mol. The minimum atomic E-state index is -0.241. The van der Waals surface area contributed by atoms with Crippen LogP contribution in [0.25, 0.3) is 0 Å². The number of aryl methyl sites for hydroxylation is 1. The predicted molar refractivity (Wildman–Crippen MR) is 108 cm³/mol. The first kappa shape index (κ1) is 18.7. The van der Waals surface area contributed by atoms with E-state index in [2.05, 4.69) is 15.6 Å². The third-order valence-electron chi connectivity index (χ3n) is 4.10. The van der Waals surface area contributed by atoms with E-state index in [4.69, 9.17) is 16.3 Å². The lowest BCUT2D eigenvalue weighted by atomic mass is 10.2. The van der Waals surface area contributed by atoms with Gasteiger partial charge in [-0.15, -0.1) is 0 Å². The molecular formula is C21H20ClN3O2. The summed E-state index contributed by atoms with van der Waals surface area (Å²) in [5, 5.41) is 6.82. The Balaban J connectivity index is 1.63. The maximum absolute atomic E-state index is 12.3. The van der Waals surface area contributed by atoms with Crippen molar-refractivity contribution in [3.05, 3.63) is 82.6 Å². The van der Waals surface area contributed by atoms with Gasteiger partial charge in [-0.3, -0.25) is 4.79 Å². The molecule has 0 aliphatic heterocycles. The number of pyridine rings is 1. The van der Waals surface area contributed by atoms with Gasteiger partial charge in [-0.1, -0.05) is 29.8 Å². The number of hydrogen-bond acceptors (Lipinski definition) is 4. The van der Waals surface area contributed by atoms with Crippen molar-refractivity contribution in [2.24, 2.45) is 0 Å². The second-order valence-corrected chi connectivity index (χ2v) is 6.45. The smallest absolute Gasteiger partial charge is 0.270 e. The largest absolute Gasteiger partial charge is 0.496 e. The molecule has 0 unspecified atom stereocenters. The van der Waals surface area contributed by atoms with Gasteiger partial charge in [0.25, 0.3) is 5.91 Å². The summed E-state index contributed by atoms with van der Waals surface area (Å²) in [5.41, 5.74) is 4.02. The van der Waals surface area contributed by atoms with E-state index in [-0.39, 0.29) is 5.91 Å². The highest BCUT2D eigenvalue weighted by atomic mass is 35.5. The summed E-state index contributed by atoms with van der Waals surface area (Å²) in [4.78, 5) is 16.6. The molecule has 2 aromatic carbocycles. The van der Waals surface area contributed by atoms with E-state index in [0.717, 1.165) is 28.3 Å². The molecule has 1 aromatic heterocycles. The molecule has 0 saturated heterocycles. The number of para-hydroxylation sites is 1. The molecular weight excluding hydrogens is 362 g/mol. The number of carbonyl (C=O) groups excluding carboxylic acids is 1. The minimum absolute atomic E-state index is 0.241. The normalized spacial score (nSPS) is 10.3. The molecule has 2 N–H and O–H groups in total. The number of rotatable bonds is 6. The van der Waals surface area contributed by atoms with Crippen LogP contribution < -0.4 is 15.4 Å². The van der Waals surface area contributed by atoms with Crippen molar-refractivity contribution >= 4 is 28.9 Å². The van der Waals surface area contributed by atoms with Gasteiger partial charge in [0, 0.05) is 22.8 Å². The first-order valence-corrected chi connectivity index (χ1v) is 8.84. The quantitative estimate of drug-likeness (QED) is 0.648. The fraction of sp³-hybridized carbons (Fsp3) is 0.143. The number of halogens is 1. The summed E-state index contributed by atoms with van der Waals surface area (Å²) >= 11 is 5.98. The number of nitrogens with zero attached hydrogens (tertiary/aromatic N) is 1. The maximum atomic E-state index is 12.3. The van der Waals surface area contributed by atoms with Gasteiger partial charge in [0.15, 0.2) is 0 Å². The number of benzene rings is 2. The molecule has 0 aliphatic carbocycles. The number of carbonyl (C=O) groups is 1. The maximum Gasteiger partial charge on any atom is 0.270 e. The number of hydrogen-bond donors (Lipinski definition) is 2. The van der Waals surface area contributed by atoms with E-state index in [1.807, 2.05) is 55.5 Å². The Bertz CT molecular complexity index is 942. The van der Waals surface area contributed by atoms with Crippen LogP contribution >= 0.6 is 11.6 Å². The molecule has 0 fully saturated rings. The summed E-state index contributed by atoms with van der Waals surface area (Å²) in [6, 6.07) is 16.7. The highest BCUT2D eigenvalue weighted by molar-refractivity contribution is 6.30. The summed E-state index contributed by atoms with van der Waals surface area (Å²) in [5.74, 6) is 0.499. The molecule has 0 aliphatic rings. The average molecular weight is 382 g/mol. The lowest BCUT2D eigenvalue weighted by Crippen LogP contribution is -2.24. The molecule has 1 heterocycles. The van der Waals surface area contributed by atoms with Crippen LogP contribution in [0.5, 0.6) is 5.75 Å². The number of anilines is 2. The van der Waals surface area contributed by atoms with Crippen LogP contribution in [-0.2, 0) is 6.54 Å². The molecule has 6 heteroatoms. The fourth-order valence-corrected chi connectivity index (χ4v) is 2.87. The van der Waals surface area contributed by atoms with Crippen molar-refractivity contribution in [3.8, 4) is 5.75 Å². The Morgan fingerprint density at radius 2 is 1.96 bits per heavy atom. The van der Waals surface area contributed by atoms with Crippen LogP contribution in [0.3, 0.4) is 0 Å². The number of nitrogens with one attached hydrogen (secondary N) is 2. The van der Waals surface area contributed by atoms with Gasteiger partial charge < -0.3 is 15.4 Å². The van der Waals surface area contributed by atoms with Crippen LogP contribution in [0.1, 0.15) is 21.6 Å². The molecule has 0 saturated carbocycles. The van der Waals surface area contributed by atoms with Crippen LogP contribution in [0.4, 0.5) is 11.4 Å². The zero-order valence-corrected chi connectivity index (χ0v) is 15.9. The van der Waals surface area contributed by atoms with Crippen LogP contribution in [0.15, 0.2) is 60.8 Å². The Kier molecular flexibility index (Phi) is 5.94. The van der Waals surface area contributed by atoms with Gasteiger partial charge in [-0.25, -0.2) is 4.98 Å². The van der Waals surface area contributed by atoms with E-state index in [1.54, 1.807) is 19.4 Å². The van der Waals surface area contributed by atoms with Gasteiger partial charge in [0.1, 0.15) is 11.4 Å². The molecule has 27 heavy (non-hydrogen) atoms. The van der Waals surface area contributed by atoms with Crippen LogP contribution in [0.2, 0.25) is 5.02 Å². The topological polar surface area (TPSA) is 63.2 Å². The van der Waals surface area contributed by atoms with E-state index < -0.39 is 0 Å². The Morgan fingerprint density at radius 1 is 1.15 bits per heavy atom. The Hall–Kier alpha value is -3.05. The lowest BCUT2D eigenvalue weighted by molar-refractivity contribution is 0.0945. The Morgan fingerprint density at radius 3 is 2.67 bits per heavy atom. The second-order valence-electron chi connectivity index (χ2n) is 6.01. The molecule has 5 nitrogen and oxygen atoms in total. The number of amides is 1. The van der Waals surface area contributed by atoms with Crippen molar-refractivity contribution < 1.29 is 9.53 Å². The highest BCUT2D eigenvalue weighted by Crippen LogP contribution is 2.23. The van der Waals surface area contributed by atoms with Crippen molar-refractivity contribution in [3.63, 3.8) is 0 Å². The summed E-state index contributed by atoms with van der Waals surface area (Å²) < 4.78 is 5.29. The third-order valence-corrected chi connectivity index (χ3v) is 4.33. The number of ether oxygens (including phenoxy) is 1. The molecule has 3 rings (SSSR count). The highest BCUT2D eigenvalue weighted by Gasteiger charge is 2.09. The SMILES string of the molecule is COc1ccccc1CNC(=O)c1ccc(Nc2ccc(Cl)cc2C)cn1. The standard InChI is InChI=1S/C21H20ClN3O2/c1-14-11-16(22)7-9-18(14)25-17-8-10-19(23-13-17)21(26)24-12-15-5-3-4-6-20(15)27-2/h3-11,13,25H,12H2,1-2H3,(H,24,26). The van der Waals surface area contributed by atoms with Crippen LogP contribution in [0, 0.1) is 6.92 Å². The molecule has 0 atom stereocenters. The van der Waals surface area contributed by atoms with E-state index in [0.29, 0.717) is 17.3 Å². The van der Waals surface area contributed by atoms with Gasteiger partial charge in [0.05, 0.1) is 19.0 Å². The summed E-state index contributed by atoms with van der Waals surface area (Å²) in [6.07, 6.45) is 1.63. The van der Waals surface area contributed by atoms with E-state index in [1.165, 1.54) is 0 Å². The number of methoxy groups -OCH3 is 1. The molecule has 1 amide bonds. The van der Waals surface area contributed by atoms with Crippen molar-refractivity contribution in [2.75, 3.05) is 12.4 Å². The zero-order chi connectivity index (χ0) is 19.2. The molecule has 3 aromatic rings. The molecule has 0 radical (unpaired) electrons. The Labute approximate surface area is 163 Å². The first-order valence-electron chi connectivity index (χ1n) is 8.46. The first-order chi connectivity index (χ1) is 13.1. The van der Waals surface area contributed by atoms with Crippen molar-refractivity contribution in [1.29, 1.82) is 0 Å². The van der Waals surface area contributed by atoms with Gasteiger partial charge in [0.2, 0.25) is 0 Å². The minimum Gasteiger partial charge on any atom is -0.496 e. The number of aromatic nitrogens is 1. The average Bonchev–Trinajstić information content (AvgIpc) is 2.69. The van der Waals surface area contributed by atoms with Crippen molar-refractivity contribution in [2.45, 2.75) is 13.5 Å². The third kappa shape index (κ3) is 4.77. The zero-order valence-electron chi connectivity index (χ0n) is 15.1. The van der Waals surface area contributed by atoms with E-state index in [9.17, 15) is 4.79 Å². The lowest BCUT2D eigenvalue weighted by Gasteiger charge is -2.11. The molecule has 0 bridgehead atoms. The van der Waals surface area contributed by atoms with E-state index >= 15 is 0 Å². The summed E-state index contributed by atoms with van der Waals surface area (Å²) in [6.45, 7) is 2.34. The van der Waals surface area contributed by atoms with Crippen molar-refractivity contribution in [1.82, 2.24) is 10.3 Å². The van der Waals surface area contributed by atoms with Crippen LogP contribution in [-0.4, -0.2) is 18.0 Å². The predicted octanol–water partition coefficient (Wildman–Crippen LogP) is 4.73. The van der Waals surface area contributed by atoms with Gasteiger partial charge in [-0.2, -0.15) is 0 Å². The fourth-order valence-electron chi connectivity index (χ4n) is 2.64. The summed E-state index contributed by atoms with van der Waals surface area (Å²) in [7, 11) is 1.61. The second kappa shape index (κ2) is 8.56. The van der Waals surface area contributed by atoms with Gasteiger partial charge >= 0.3 is 0 Å². The van der Waals surface area contributed by atoms with Gasteiger partial charge in [-0.05, 0) is 48.9 Å².